The van der Waals surface area contributed by atoms with Gasteiger partial charge in [-0.15, -0.1) is 0 Å². The summed E-state index contributed by atoms with van der Waals surface area (Å²) in [6, 6.07) is 9.02. The van der Waals surface area contributed by atoms with Gasteiger partial charge >= 0.3 is 6.18 Å². The molecule has 5 nitrogen and oxygen atoms in total. The predicted octanol–water partition coefficient (Wildman–Crippen LogP) is 5.83. The maximum absolute atomic E-state index is 12.8. The fraction of sp³-hybridized carbons (Fsp3) is 0.423. The summed E-state index contributed by atoms with van der Waals surface area (Å²) < 4.78 is 44.4. The number of hydrogen-bond donors (Lipinski definition) is 0. The molecule has 0 spiro atoms. The molecule has 1 aromatic carbocycles. The highest BCUT2D eigenvalue weighted by Crippen LogP contribution is 2.31. The van der Waals surface area contributed by atoms with E-state index in [0.29, 0.717) is 17.3 Å². The minimum atomic E-state index is -4.35. The molecular formula is C26H27F3N4O. The van der Waals surface area contributed by atoms with Crippen LogP contribution in [0.3, 0.4) is 0 Å². The Morgan fingerprint density at radius 1 is 0.941 bits per heavy atom. The maximum atomic E-state index is 12.8. The van der Waals surface area contributed by atoms with E-state index >= 15 is 0 Å². The molecule has 0 radical (unpaired) electrons. The van der Waals surface area contributed by atoms with E-state index in [1.54, 1.807) is 6.20 Å². The van der Waals surface area contributed by atoms with Crippen LogP contribution in [0.15, 0.2) is 48.8 Å². The fourth-order valence-corrected chi connectivity index (χ4v) is 4.64. The van der Waals surface area contributed by atoms with E-state index in [9.17, 15) is 13.2 Å². The van der Waals surface area contributed by atoms with Crippen LogP contribution in [0.2, 0.25) is 0 Å². The Balaban J connectivity index is 1.20. The molecule has 0 atom stereocenters. The lowest BCUT2D eigenvalue weighted by Crippen LogP contribution is -2.31. The molecule has 5 rings (SSSR count). The summed E-state index contributed by atoms with van der Waals surface area (Å²) >= 11 is 0. The van der Waals surface area contributed by atoms with Crippen molar-refractivity contribution < 1.29 is 17.9 Å². The number of alkyl halides is 3. The molecule has 1 fully saturated rings. The zero-order valence-corrected chi connectivity index (χ0v) is 18.9. The van der Waals surface area contributed by atoms with Gasteiger partial charge in [-0.3, -0.25) is 4.90 Å². The van der Waals surface area contributed by atoms with Crippen LogP contribution in [0.5, 0.6) is 5.88 Å². The molecule has 2 aromatic heterocycles. The number of ether oxygens (including phenoxy) is 1. The summed E-state index contributed by atoms with van der Waals surface area (Å²) in [5, 5.41) is 0. The van der Waals surface area contributed by atoms with Gasteiger partial charge in [0.05, 0.1) is 11.3 Å². The van der Waals surface area contributed by atoms with Gasteiger partial charge in [-0.05, 0) is 43.4 Å². The van der Waals surface area contributed by atoms with Crippen LogP contribution >= 0.6 is 0 Å². The van der Waals surface area contributed by atoms with Crippen LogP contribution in [-0.4, -0.2) is 32.5 Å². The molecule has 0 N–H and O–H groups in total. The highest BCUT2D eigenvalue weighted by Gasteiger charge is 2.30. The second-order valence-electron chi connectivity index (χ2n) is 9.08. The number of fused-ring (bicyclic) bond motifs is 1. The van der Waals surface area contributed by atoms with E-state index in [1.165, 1.54) is 31.4 Å². The second-order valence-corrected chi connectivity index (χ2v) is 9.08. The van der Waals surface area contributed by atoms with Crippen LogP contribution < -0.4 is 4.74 Å². The van der Waals surface area contributed by atoms with Crippen molar-refractivity contribution in [3.05, 3.63) is 71.2 Å². The van der Waals surface area contributed by atoms with Crippen LogP contribution in [0.4, 0.5) is 13.2 Å². The van der Waals surface area contributed by atoms with Crippen molar-refractivity contribution in [3.8, 4) is 17.3 Å². The Labute approximate surface area is 197 Å². The van der Waals surface area contributed by atoms with Crippen molar-refractivity contribution >= 4 is 0 Å². The summed E-state index contributed by atoms with van der Waals surface area (Å²) in [4.78, 5) is 15.9. The molecule has 1 aliphatic heterocycles. The Kier molecular flexibility index (Phi) is 6.50. The minimum Gasteiger partial charge on any atom is -0.474 e. The summed E-state index contributed by atoms with van der Waals surface area (Å²) in [6.45, 7) is 2.34. The lowest BCUT2D eigenvalue weighted by Gasteiger charge is -2.28. The van der Waals surface area contributed by atoms with E-state index < -0.39 is 11.7 Å². The summed E-state index contributed by atoms with van der Waals surface area (Å²) in [5.74, 6) is 1.16. The number of halogens is 3. The van der Waals surface area contributed by atoms with Crippen LogP contribution in [0.1, 0.15) is 54.5 Å². The zero-order chi connectivity index (χ0) is 23.5. The molecule has 2 aliphatic rings. The van der Waals surface area contributed by atoms with Crippen molar-refractivity contribution in [2.24, 2.45) is 0 Å². The first-order valence-electron chi connectivity index (χ1n) is 11.8. The smallest absolute Gasteiger partial charge is 0.416 e. The first kappa shape index (κ1) is 22.8. The van der Waals surface area contributed by atoms with Gasteiger partial charge in [-0.25, -0.2) is 15.0 Å². The first-order chi connectivity index (χ1) is 16.4. The largest absolute Gasteiger partial charge is 0.474 e. The monoisotopic (exact) mass is 468 g/mol. The number of pyridine rings is 1. The van der Waals surface area contributed by atoms with E-state index in [0.717, 1.165) is 67.9 Å². The fourth-order valence-electron chi connectivity index (χ4n) is 4.64. The lowest BCUT2D eigenvalue weighted by molar-refractivity contribution is -0.137. The molecule has 1 saturated carbocycles. The van der Waals surface area contributed by atoms with Crippen LogP contribution in [0, 0.1) is 0 Å². The predicted molar refractivity (Wildman–Crippen MR) is 122 cm³/mol. The Morgan fingerprint density at radius 3 is 2.44 bits per heavy atom. The Morgan fingerprint density at radius 2 is 1.74 bits per heavy atom. The minimum absolute atomic E-state index is 0.290. The maximum Gasteiger partial charge on any atom is 0.416 e. The number of hydrogen-bond acceptors (Lipinski definition) is 5. The normalized spacial score (nSPS) is 17.4. The molecule has 0 unspecified atom stereocenters. The molecule has 3 aromatic rings. The van der Waals surface area contributed by atoms with E-state index in [-0.39, 0.29) is 6.10 Å². The van der Waals surface area contributed by atoms with E-state index in [1.807, 2.05) is 12.3 Å². The summed E-state index contributed by atoms with van der Waals surface area (Å²) in [7, 11) is 0. The molecule has 34 heavy (non-hydrogen) atoms. The average molecular weight is 469 g/mol. The lowest BCUT2D eigenvalue weighted by atomic mass is 9.98. The average Bonchev–Trinajstić information content (AvgIpc) is 2.85. The number of nitrogens with zero attached hydrogens (tertiary/aromatic N) is 4. The molecule has 0 saturated heterocycles. The van der Waals surface area contributed by atoms with E-state index in [4.69, 9.17) is 4.74 Å². The molecule has 0 bridgehead atoms. The molecule has 8 heteroatoms. The number of benzene rings is 1. The Bertz CT molecular complexity index is 1110. The highest BCUT2D eigenvalue weighted by molar-refractivity contribution is 5.56. The van der Waals surface area contributed by atoms with Crippen LogP contribution in [0.25, 0.3) is 11.4 Å². The van der Waals surface area contributed by atoms with Gasteiger partial charge in [-0.1, -0.05) is 24.6 Å². The van der Waals surface area contributed by atoms with Gasteiger partial charge in [0.2, 0.25) is 5.88 Å². The molecule has 1 aliphatic carbocycles. The van der Waals surface area contributed by atoms with Gasteiger partial charge in [0.25, 0.3) is 0 Å². The standard InChI is InChI=1S/C26H27F3N4O/c27-26(28,29)21-9-7-19(8-10-21)25-31-15-20-17-33(13-12-23(20)32-25)16-18-6-11-24(30-14-18)34-22-4-2-1-3-5-22/h6-11,14-15,22H,1-5,12-13,16-17H2. The van der Waals surface area contributed by atoms with Crippen LogP contribution in [-0.2, 0) is 25.7 Å². The zero-order valence-electron chi connectivity index (χ0n) is 18.9. The SMILES string of the molecule is FC(F)(F)c1ccc(-c2ncc3c(n2)CCN(Cc2ccc(OC4CCCCC4)nc2)C3)cc1. The third-order valence-corrected chi connectivity index (χ3v) is 6.53. The Hall–Kier alpha value is -3.00. The van der Waals surface area contributed by atoms with Crippen molar-refractivity contribution in [1.82, 2.24) is 19.9 Å². The van der Waals surface area contributed by atoms with Gasteiger partial charge in [0.15, 0.2) is 5.82 Å². The summed E-state index contributed by atoms with van der Waals surface area (Å²) in [5.41, 5.74) is 3.04. The van der Waals surface area contributed by atoms with E-state index in [2.05, 4.69) is 25.9 Å². The molecule has 3 heterocycles. The van der Waals surface area contributed by atoms with Crippen molar-refractivity contribution in [3.63, 3.8) is 0 Å². The number of aromatic nitrogens is 3. The topological polar surface area (TPSA) is 51.1 Å². The number of rotatable bonds is 5. The molecule has 0 amide bonds. The molecule has 178 valence electrons. The van der Waals surface area contributed by atoms with Crippen molar-refractivity contribution in [1.29, 1.82) is 0 Å². The van der Waals surface area contributed by atoms with Crippen molar-refractivity contribution in [2.45, 2.75) is 63.9 Å². The van der Waals surface area contributed by atoms with Gasteiger partial charge in [0.1, 0.15) is 6.10 Å². The quantitative estimate of drug-likeness (QED) is 0.472. The third-order valence-electron chi connectivity index (χ3n) is 6.53. The third kappa shape index (κ3) is 5.38. The van der Waals surface area contributed by atoms with Gasteiger partial charge < -0.3 is 4.74 Å². The summed E-state index contributed by atoms with van der Waals surface area (Å²) in [6.07, 6.45) is 6.37. The second kappa shape index (κ2) is 9.70. The van der Waals surface area contributed by atoms with Gasteiger partial charge in [0, 0.05) is 55.6 Å². The first-order valence-corrected chi connectivity index (χ1v) is 11.8. The van der Waals surface area contributed by atoms with Gasteiger partial charge in [-0.2, -0.15) is 13.2 Å². The molecular weight excluding hydrogens is 441 g/mol. The van der Waals surface area contributed by atoms with Crippen molar-refractivity contribution in [2.75, 3.05) is 6.54 Å². The highest BCUT2D eigenvalue weighted by atomic mass is 19.4.